The number of carbonyl (C=O) groups is 1. The van der Waals surface area contributed by atoms with Crippen molar-refractivity contribution >= 4 is 12.0 Å². The van der Waals surface area contributed by atoms with Gasteiger partial charge in [-0.25, -0.2) is 4.79 Å². The van der Waals surface area contributed by atoms with Crippen LogP contribution in [0.4, 0.5) is 0 Å². The molecule has 11 heteroatoms. The van der Waals surface area contributed by atoms with Gasteiger partial charge in [0.15, 0.2) is 11.5 Å². The first-order chi connectivity index (χ1) is 17.3. The molecule has 0 bridgehead atoms. The topological polar surface area (TPSA) is 164 Å². The van der Waals surface area contributed by atoms with E-state index in [1.54, 1.807) is 30.3 Å². The molecule has 2 aromatic carbocycles. The number of ether oxygens (including phenoxy) is 5. The highest BCUT2D eigenvalue weighted by Gasteiger charge is 2.44. The minimum atomic E-state index is -1.58. The monoisotopic (exact) mass is 506 g/mol. The highest BCUT2D eigenvalue weighted by atomic mass is 16.7. The Morgan fingerprint density at radius 1 is 0.944 bits per heavy atom. The number of esters is 1. The zero-order valence-corrected chi connectivity index (χ0v) is 19.8. The Labute approximate surface area is 207 Å². The molecule has 1 saturated heterocycles. The van der Waals surface area contributed by atoms with Crippen molar-refractivity contribution in [2.24, 2.45) is 0 Å². The van der Waals surface area contributed by atoms with Gasteiger partial charge >= 0.3 is 5.97 Å². The van der Waals surface area contributed by atoms with Crippen LogP contribution in [0.5, 0.6) is 23.0 Å². The van der Waals surface area contributed by atoms with Gasteiger partial charge in [-0.15, -0.1) is 0 Å². The van der Waals surface area contributed by atoms with Gasteiger partial charge in [0, 0.05) is 18.7 Å². The summed E-state index contributed by atoms with van der Waals surface area (Å²) >= 11 is 0. The molecule has 5 unspecified atom stereocenters. The molecule has 1 fully saturated rings. The normalized spacial score (nSPS) is 23.9. The zero-order chi connectivity index (χ0) is 26.2. The van der Waals surface area contributed by atoms with E-state index in [4.69, 9.17) is 28.8 Å². The quantitative estimate of drug-likeness (QED) is 0.168. The van der Waals surface area contributed by atoms with Crippen LogP contribution in [0.15, 0.2) is 42.5 Å². The Kier molecular flexibility index (Phi) is 9.65. The minimum absolute atomic E-state index is 0.0337. The minimum Gasteiger partial charge on any atom is -0.496 e. The van der Waals surface area contributed by atoms with Crippen LogP contribution in [0.25, 0.3) is 6.08 Å². The number of carbonyl (C=O) groups excluding carboxylic acids is 1. The molecule has 0 amide bonds. The van der Waals surface area contributed by atoms with Crippen molar-refractivity contribution < 1.29 is 54.0 Å². The summed E-state index contributed by atoms with van der Waals surface area (Å²) in [6, 6.07) is 9.56. The average molecular weight is 507 g/mol. The van der Waals surface area contributed by atoms with Gasteiger partial charge in [-0.3, -0.25) is 0 Å². The standard InChI is InChI=1S/C25H30O11/c1-32-18-12-16(6-5-15(18)9-10-26)34-21(28)8-4-14-3-7-17(19(11-14)33-2)35-25-24(31)23(30)22(29)20(13-27)36-25/h3-8,11-12,20,22-27,29-31H,9-10,13H2,1-2H3. The highest BCUT2D eigenvalue weighted by molar-refractivity contribution is 5.88. The summed E-state index contributed by atoms with van der Waals surface area (Å²) < 4.78 is 26.9. The molecule has 196 valence electrons. The molecule has 11 nitrogen and oxygen atoms in total. The SMILES string of the molecule is COc1cc(OC(=O)C=Cc2ccc(OC3OC(CO)C(O)C(O)C3O)c(OC)c2)ccc1CCO. The number of aliphatic hydroxyl groups is 5. The van der Waals surface area contributed by atoms with Gasteiger partial charge in [-0.1, -0.05) is 12.1 Å². The van der Waals surface area contributed by atoms with Gasteiger partial charge in [-0.2, -0.15) is 0 Å². The van der Waals surface area contributed by atoms with E-state index in [1.807, 2.05) is 0 Å². The van der Waals surface area contributed by atoms with Crippen LogP contribution in [-0.2, 0) is 16.0 Å². The number of aliphatic hydroxyl groups excluding tert-OH is 5. The number of benzene rings is 2. The van der Waals surface area contributed by atoms with E-state index in [9.17, 15) is 25.2 Å². The summed E-state index contributed by atoms with van der Waals surface area (Å²) in [5.41, 5.74) is 1.36. The second kappa shape index (κ2) is 12.7. The number of rotatable bonds is 10. The second-order valence-corrected chi connectivity index (χ2v) is 7.93. The van der Waals surface area contributed by atoms with Crippen LogP contribution in [0, 0.1) is 0 Å². The molecular weight excluding hydrogens is 476 g/mol. The molecule has 1 aliphatic rings. The van der Waals surface area contributed by atoms with Crippen molar-refractivity contribution in [3.05, 3.63) is 53.6 Å². The fourth-order valence-electron chi connectivity index (χ4n) is 3.60. The molecular formula is C25H30O11. The second-order valence-electron chi connectivity index (χ2n) is 7.93. The molecule has 0 aromatic heterocycles. The third-order valence-electron chi connectivity index (χ3n) is 5.55. The third kappa shape index (κ3) is 6.52. The maximum absolute atomic E-state index is 12.3. The maximum atomic E-state index is 12.3. The van der Waals surface area contributed by atoms with Crippen molar-refractivity contribution in [1.29, 1.82) is 0 Å². The molecule has 2 aromatic rings. The van der Waals surface area contributed by atoms with Crippen LogP contribution in [0.1, 0.15) is 11.1 Å². The number of hydrogen-bond donors (Lipinski definition) is 5. The Morgan fingerprint density at radius 2 is 1.69 bits per heavy atom. The molecule has 0 radical (unpaired) electrons. The van der Waals surface area contributed by atoms with Gasteiger partial charge < -0.3 is 49.2 Å². The molecule has 5 atom stereocenters. The van der Waals surface area contributed by atoms with Gasteiger partial charge in [0.05, 0.1) is 20.8 Å². The summed E-state index contributed by atoms with van der Waals surface area (Å²) in [4.78, 5) is 12.3. The van der Waals surface area contributed by atoms with Crippen molar-refractivity contribution in [2.45, 2.75) is 37.1 Å². The lowest BCUT2D eigenvalue weighted by atomic mass is 9.99. The predicted molar refractivity (Wildman–Crippen MR) is 126 cm³/mol. The molecule has 1 heterocycles. The summed E-state index contributed by atoms with van der Waals surface area (Å²) in [5.74, 6) is 0.554. The third-order valence-corrected chi connectivity index (χ3v) is 5.55. The Morgan fingerprint density at radius 3 is 2.36 bits per heavy atom. The van der Waals surface area contributed by atoms with E-state index in [0.29, 0.717) is 17.7 Å². The van der Waals surface area contributed by atoms with E-state index in [2.05, 4.69) is 0 Å². The first-order valence-corrected chi connectivity index (χ1v) is 11.1. The first kappa shape index (κ1) is 27.4. The van der Waals surface area contributed by atoms with E-state index in [1.165, 1.54) is 32.4 Å². The molecule has 0 saturated carbocycles. The molecule has 0 aliphatic carbocycles. The maximum Gasteiger partial charge on any atom is 0.336 e. The summed E-state index contributed by atoms with van der Waals surface area (Å²) in [5, 5.41) is 48.5. The van der Waals surface area contributed by atoms with Crippen molar-refractivity contribution in [3.8, 4) is 23.0 Å². The van der Waals surface area contributed by atoms with Gasteiger partial charge in [-0.05, 0) is 41.8 Å². The lowest BCUT2D eigenvalue weighted by molar-refractivity contribution is -0.277. The van der Waals surface area contributed by atoms with Crippen molar-refractivity contribution in [3.63, 3.8) is 0 Å². The largest absolute Gasteiger partial charge is 0.496 e. The zero-order valence-electron chi connectivity index (χ0n) is 19.8. The lowest BCUT2D eigenvalue weighted by Crippen LogP contribution is -2.60. The predicted octanol–water partition coefficient (Wildman–Crippen LogP) is 0.0361. The van der Waals surface area contributed by atoms with Crippen LogP contribution in [0.2, 0.25) is 0 Å². The van der Waals surface area contributed by atoms with Crippen molar-refractivity contribution in [2.75, 3.05) is 27.4 Å². The van der Waals surface area contributed by atoms with Crippen molar-refractivity contribution in [1.82, 2.24) is 0 Å². The van der Waals surface area contributed by atoms with Crippen LogP contribution in [0.3, 0.4) is 0 Å². The molecule has 3 rings (SSSR count). The fourth-order valence-corrected chi connectivity index (χ4v) is 3.60. The van der Waals surface area contributed by atoms with Gasteiger partial charge in [0.1, 0.15) is 35.9 Å². The molecule has 36 heavy (non-hydrogen) atoms. The van der Waals surface area contributed by atoms with Crippen LogP contribution < -0.4 is 18.9 Å². The fraction of sp³-hybridized carbons (Fsp3) is 0.400. The number of methoxy groups -OCH3 is 2. The van der Waals surface area contributed by atoms with E-state index in [-0.39, 0.29) is 23.9 Å². The van der Waals surface area contributed by atoms with Crippen LogP contribution in [-0.4, -0.2) is 89.6 Å². The van der Waals surface area contributed by atoms with E-state index >= 15 is 0 Å². The summed E-state index contributed by atoms with van der Waals surface area (Å²) in [6.45, 7) is -0.616. The number of hydrogen-bond acceptors (Lipinski definition) is 11. The highest BCUT2D eigenvalue weighted by Crippen LogP contribution is 2.32. The Bertz CT molecular complexity index is 1050. The van der Waals surface area contributed by atoms with Gasteiger partial charge in [0.2, 0.25) is 6.29 Å². The smallest absolute Gasteiger partial charge is 0.336 e. The van der Waals surface area contributed by atoms with E-state index < -0.39 is 43.3 Å². The summed E-state index contributed by atoms with van der Waals surface area (Å²) in [7, 11) is 2.88. The van der Waals surface area contributed by atoms with Crippen LogP contribution >= 0.6 is 0 Å². The van der Waals surface area contributed by atoms with Gasteiger partial charge in [0.25, 0.3) is 0 Å². The Hall–Kier alpha value is -3.19. The molecule has 5 N–H and O–H groups in total. The Balaban J connectivity index is 1.67. The molecule has 0 spiro atoms. The molecule has 1 aliphatic heterocycles. The first-order valence-electron chi connectivity index (χ1n) is 11.1. The summed E-state index contributed by atoms with van der Waals surface area (Å²) in [6.07, 6.45) is -4.00. The lowest BCUT2D eigenvalue weighted by Gasteiger charge is -2.39. The average Bonchev–Trinajstić information content (AvgIpc) is 2.89. The van der Waals surface area contributed by atoms with E-state index in [0.717, 1.165) is 5.56 Å².